The third-order valence-corrected chi connectivity index (χ3v) is 4.03. The van der Waals surface area contributed by atoms with Crippen LogP contribution in [0.1, 0.15) is 111 Å². The molecule has 0 bridgehead atoms. The third-order valence-electron chi connectivity index (χ3n) is 4.03. The summed E-state index contributed by atoms with van der Waals surface area (Å²) >= 11 is 0. The molecule has 1 unspecified atom stereocenters. The van der Waals surface area contributed by atoms with Gasteiger partial charge < -0.3 is 4.74 Å². The smallest absolute Gasteiger partial charge is 0.306 e. The van der Waals surface area contributed by atoms with Crippen LogP contribution >= 0.6 is 0 Å². The molecule has 21 heavy (non-hydrogen) atoms. The van der Waals surface area contributed by atoms with Crippen molar-refractivity contribution >= 4 is 5.97 Å². The number of ether oxygens (including phenoxy) is 1. The molecule has 1 atom stereocenters. The van der Waals surface area contributed by atoms with Crippen molar-refractivity contribution in [2.75, 3.05) is 0 Å². The second-order valence-corrected chi connectivity index (χ2v) is 6.37. The topological polar surface area (TPSA) is 26.3 Å². The Morgan fingerprint density at radius 2 is 1.24 bits per heavy atom. The predicted molar refractivity (Wildman–Crippen MR) is 91.5 cm³/mol. The Bertz CT molecular complexity index is 226. The van der Waals surface area contributed by atoms with Crippen LogP contribution in [-0.2, 0) is 9.53 Å². The van der Waals surface area contributed by atoms with Crippen molar-refractivity contribution in [1.82, 2.24) is 0 Å². The van der Waals surface area contributed by atoms with Gasteiger partial charge in [0, 0.05) is 6.42 Å². The van der Waals surface area contributed by atoms with Crippen molar-refractivity contribution in [3.63, 3.8) is 0 Å². The van der Waals surface area contributed by atoms with Gasteiger partial charge in [-0.25, -0.2) is 0 Å². The normalized spacial score (nSPS) is 12.3. The van der Waals surface area contributed by atoms with E-state index >= 15 is 0 Å². The Kier molecular flexibility index (Phi) is 15.5. The fourth-order valence-corrected chi connectivity index (χ4v) is 2.60. The maximum atomic E-state index is 11.6. The van der Waals surface area contributed by atoms with Crippen LogP contribution in [0.4, 0.5) is 0 Å². The molecular weight excluding hydrogens is 260 g/mol. The molecule has 0 aromatic heterocycles. The van der Waals surface area contributed by atoms with Gasteiger partial charge in [0.2, 0.25) is 0 Å². The first-order valence-corrected chi connectivity index (χ1v) is 9.40. The van der Waals surface area contributed by atoms with E-state index in [9.17, 15) is 4.79 Å². The zero-order valence-electron chi connectivity index (χ0n) is 14.8. The van der Waals surface area contributed by atoms with Gasteiger partial charge in [-0.3, -0.25) is 4.79 Å². The number of hydrogen-bond donors (Lipinski definition) is 0. The second kappa shape index (κ2) is 15.9. The molecular formula is C19H38O2. The van der Waals surface area contributed by atoms with Crippen molar-refractivity contribution in [2.24, 2.45) is 0 Å². The van der Waals surface area contributed by atoms with Gasteiger partial charge in [0.05, 0.1) is 6.10 Å². The van der Waals surface area contributed by atoms with E-state index in [2.05, 4.69) is 13.8 Å². The lowest BCUT2D eigenvalue weighted by atomic mass is 10.1. The molecule has 0 aliphatic carbocycles. The van der Waals surface area contributed by atoms with Gasteiger partial charge in [-0.05, 0) is 26.2 Å². The Hall–Kier alpha value is -0.530. The SMILES string of the molecule is CCCCCCCCCCCC(C)OC(=O)CCCCC. The summed E-state index contributed by atoms with van der Waals surface area (Å²) in [7, 11) is 0. The molecule has 0 rings (SSSR count). The summed E-state index contributed by atoms with van der Waals surface area (Å²) in [4.78, 5) is 11.6. The van der Waals surface area contributed by atoms with Gasteiger partial charge in [-0.15, -0.1) is 0 Å². The average molecular weight is 299 g/mol. The molecule has 0 saturated carbocycles. The van der Waals surface area contributed by atoms with Crippen molar-refractivity contribution in [1.29, 1.82) is 0 Å². The Labute approximate surface area is 133 Å². The minimum absolute atomic E-state index is 0.00752. The molecule has 0 amide bonds. The van der Waals surface area contributed by atoms with Crippen LogP contribution < -0.4 is 0 Å². The van der Waals surface area contributed by atoms with E-state index in [4.69, 9.17) is 4.74 Å². The second-order valence-electron chi connectivity index (χ2n) is 6.37. The number of unbranched alkanes of at least 4 members (excludes halogenated alkanes) is 10. The highest BCUT2D eigenvalue weighted by atomic mass is 16.5. The molecule has 126 valence electrons. The largest absolute Gasteiger partial charge is 0.463 e. The molecule has 0 saturated heterocycles. The van der Waals surface area contributed by atoms with Crippen LogP contribution in [0.2, 0.25) is 0 Å². The summed E-state index contributed by atoms with van der Waals surface area (Å²) in [6, 6.07) is 0. The van der Waals surface area contributed by atoms with Gasteiger partial charge >= 0.3 is 5.97 Å². The maximum Gasteiger partial charge on any atom is 0.306 e. The van der Waals surface area contributed by atoms with E-state index in [-0.39, 0.29) is 12.1 Å². The lowest BCUT2D eigenvalue weighted by Crippen LogP contribution is -2.14. The van der Waals surface area contributed by atoms with Gasteiger partial charge in [-0.2, -0.15) is 0 Å². The fraction of sp³-hybridized carbons (Fsp3) is 0.947. The molecule has 0 heterocycles. The molecule has 0 aromatic rings. The first-order valence-electron chi connectivity index (χ1n) is 9.40. The summed E-state index contributed by atoms with van der Waals surface area (Å²) < 4.78 is 5.43. The van der Waals surface area contributed by atoms with Crippen LogP contribution in [0.25, 0.3) is 0 Å². The fourth-order valence-electron chi connectivity index (χ4n) is 2.60. The molecule has 0 aliphatic heterocycles. The molecule has 0 fully saturated rings. The Morgan fingerprint density at radius 3 is 1.81 bits per heavy atom. The van der Waals surface area contributed by atoms with Gasteiger partial charge in [0.1, 0.15) is 0 Å². The molecule has 0 aromatic carbocycles. The average Bonchev–Trinajstić information content (AvgIpc) is 2.45. The molecule has 0 N–H and O–H groups in total. The van der Waals surface area contributed by atoms with E-state index in [1.807, 2.05) is 6.92 Å². The van der Waals surface area contributed by atoms with Crippen molar-refractivity contribution in [2.45, 2.75) is 117 Å². The molecule has 0 radical (unpaired) electrons. The maximum absolute atomic E-state index is 11.6. The van der Waals surface area contributed by atoms with Crippen LogP contribution in [0.5, 0.6) is 0 Å². The monoisotopic (exact) mass is 298 g/mol. The summed E-state index contributed by atoms with van der Waals surface area (Å²) in [5, 5.41) is 0. The zero-order valence-corrected chi connectivity index (χ0v) is 14.8. The molecule has 0 spiro atoms. The molecule has 0 aliphatic rings. The highest BCUT2D eigenvalue weighted by Crippen LogP contribution is 2.13. The lowest BCUT2D eigenvalue weighted by molar-refractivity contribution is -0.148. The third kappa shape index (κ3) is 15.7. The van der Waals surface area contributed by atoms with Crippen LogP contribution in [0.15, 0.2) is 0 Å². The highest BCUT2D eigenvalue weighted by molar-refractivity contribution is 5.69. The first kappa shape index (κ1) is 20.5. The number of rotatable bonds is 15. The van der Waals surface area contributed by atoms with E-state index in [1.54, 1.807) is 0 Å². The number of esters is 1. The van der Waals surface area contributed by atoms with E-state index in [0.29, 0.717) is 6.42 Å². The number of hydrogen-bond acceptors (Lipinski definition) is 2. The minimum atomic E-state index is -0.00752. The number of carbonyl (C=O) groups excluding carboxylic acids is 1. The first-order chi connectivity index (χ1) is 10.2. The van der Waals surface area contributed by atoms with Crippen molar-refractivity contribution in [3.8, 4) is 0 Å². The Morgan fingerprint density at radius 1 is 0.762 bits per heavy atom. The van der Waals surface area contributed by atoms with Gasteiger partial charge in [0.15, 0.2) is 0 Å². The van der Waals surface area contributed by atoms with Crippen LogP contribution in [0, 0.1) is 0 Å². The van der Waals surface area contributed by atoms with E-state index in [0.717, 1.165) is 25.7 Å². The van der Waals surface area contributed by atoms with Crippen LogP contribution in [0.3, 0.4) is 0 Å². The number of carbonyl (C=O) groups is 1. The lowest BCUT2D eigenvalue weighted by Gasteiger charge is -2.13. The summed E-state index contributed by atoms with van der Waals surface area (Å²) in [6.07, 6.45) is 17.1. The highest BCUT2D eigenvalue weighted by Gasteiger charge is 2.08. The van der Waals surface area contributed by atoms with Crippen molar-refractivity contribution in [3.05, 3.63) is 0 Å². The van der Waals surface area contributed by atoms with E-state index in [1.165, 1.54) is 57.8 Å². The zero-order chi connectivity index (χ0) is 15.8. The Balaban J connectivity index is 3.29. The van der Waals surface area contributed by atoms with Gasteiger partial charge in [0.25, 0.3) is 0 Å². The minimum Gasteiger partial charge on any atom is -0.463 e. The van der Waals surface area contributed by atoms with Gasteiger partial charge in [-0.1, -0.05) is 78.1 Å². The molecule has 2 heteroatoms. The predicted octanol–water partition coefficient (Wildman–Crippen LogP) is 6.42. The summed E-state index contributed by atoms with van der Waals surface area (Å²) in [5.74, 6) is -0.00752. The van der Waals surface area contributed by atoms with Crippen molar-refractivity contribution < 1.29 is 9.53 Å². The quantitative estimate of drug-likeness (QED) is 0.257. The van der Waals surface area contributed by atoms with Crippen LogP contribution in [-0.4, -0.2) is 12.1 Å². The summed E-state index contributed by atoms with van der Waals surface area (Å²) in [5.41, 5.74) is 0. The standard InChI is InChI=1S/C19H38O2/c1-4-6-8-9-10-11-12-13-15-16-18(3)21-19(20)17-14-7-5-2/h18H,4-17H2,1-3H3. The van der Waals surface area contributed by atoms with E-state index < -0.39 is 0 Å². The summed E-state index contributed by atoms with van der Waals surface area (Å²) in [6.45, 7) is 6.44. The molecule has 2 nitrogen and oxygen atoms in total.